The van der Waals surface area contributed by atoms with Crippen molar-refractivity contribution >= 4 is 52.5 Å². The van der Waals surface area contributed by atoms with Gasteiger partial charge < -0.3 is 19.7 Å². The van der Waals surface area contributed by atoms with Crippen LogP contribution in [-0.4, -0.2) is 48.7 Å². The SMILES string of the molecule is CC(=O)CCC(=O)OCC(=O)N(C)CC(=O)Nc1ccc(Cl)c(Cl)c1. The van der Waals surface area contributed by atoms with E-state index in [4.69, 9.17) is 27.9 Å². The van der Waals surface area contributed by atoms with Gasteiger partial charge in [0.25, 0.3) is 5.91 Å². The smallest absolute Gasteiger partial charge is 0.306 e. The van der Waals surface area contributed by atoms with Gasteiger partial charge in [0.05, 0.1) is 23.0 Å². The van der Waals surface area contributed by atoms with Crippen LogP contribution in [0.15, 0.2) is 18.2 Å². The number of Topliss-reactive ketones (excluding diaryl/α,β-unsaturated/α-hetero) is 1. The van der Waals surface area contributed by atoms with Crippen LogP contribution in [0.4, 0.5) is 5.69 Å². The molecular weight excluding hydrogens is 371 g/mol. The van der Waals surface area contributed by atoms with Gasteiger partial charge in [-0.2, -0.15) is 0 Å². The van der Waals surface area contributed by atoms with Crippen LogP contribution in [0, 0.1) is 0 Å². The third-order valence-corrected chi connectivity index (χ3v) is 3.79. The van der Waals surface area contributed by atoms with Gasteiger partial charge in [0.1, 0.15) is 5.78 Å². The summed E-state index contributed by atoms with van der Waals surface area (Å²) in [6.07, 6.45) is -0.0148. The number of anilines is 1. The molecule has 0 unspecified atom stereocenters. The van der Waals surface area contributed by atoms with E-state index >= 15 is 0 Å². The summed E-state index contributed by atoms with van der Waals surface area (Å²) in [6, 6.07) is 4.60. The maximum atomic E-state index is 11.9. The summed E-state index contributed by atoms with van der Waals surface area (Å²) in [5.41, 5.74) is 0.441. The minimum absolute atomic E-state index is 0.0644. The molecule has 9 heteroatoms. The number of carbonyl (C=O) groups excluding carboxylic acids is 4. The number of nitrogens with zero attached hydrogens (tertiary/aromatic N) is 1. The molecule has 136 valence electrons. The molecule has 0 bridgehead atoms. The van der Waals surface area contributed by atoms with Gasteiger partial charge >= 0.3 is 5.97 Å². The molecule has 0 spiro atoms. The Bertz CT molecular complexity index is 678. The first-order valence-corrected chi connectivity index (χ1v) is 8.08. The molecule has 0 saturated carbocycles. The van der Waals surface area contributed by atoms with Crippen molar-refractivity contribution in [2.75, 3.05) is 25.5 Å². The van der Waals surface area contributed by atoms with Crippen molar-refractivity contribution in [1.29, 1.82) is 0 Å². The lowest BCUT2D eigenvalue weighted by Crippen LogP contribution is -2.37. The highest BCUT2D eigenvalue weighted by molar-refractivity contribution is 6.42. The lowest BCUT2D eigenvalue weighted by atomic mass is 10.2. The fraction of sp³-hybridized carbons (Fsp3) is 0.375. The predicted molar refractivity (Wildman–Crippen MR) is 93.6 cm³/mol. The number of carbonyl (C=O) groups is 4. The average molecular weight is 389 g/mol. The van der Waals surface area contributed by atoms with Gasteiger partial charge in [0.15, 0.2) is 6.61 Å². The van der Waals surface area contributed by atoms with Crippen molar-refractivity contribution in [3.05, 3.63) is 28.2 Å². The van der Waals surface area contributed by atoms with Crippen LogP contribution in [0.3, 0.4) is 0 Å². The molecular formula is C16H18Cl2N2O5. The molecule has 0 aliphatic heterocycles. The Morgan fingerprint density at radius 3 is 2.40 bits per heavy atom. The summed E-state index contributed by atoms with van der Waals surface area (Å²) in [5, 5.41) is 3.22. The van der Waals surface area contributed by atoms with Crippen LogP contribution in [0.5, 0.6) is 0 Å². The van der Waals surface area contributed by atoms with E-state index in [1.54, 1.807) is 6.07 Å². The molecule has 0 fully saturated rings. The Kier molecular flexibility index (Phi) is 8.37. The Hall–Kier alpha value is -2.12. The van der Waals surface area contributed by atoms with Gasteiger partial charge in [-0.05, 0) is 25.1 Å². The Balaban J connectivity index is 2.40. The van der Waals surface area contributed by atoms with Crippen molar-refractivity contribution in [1.82, 2.24) is 4.90 Å². The van der Waals surface area contributed by atoms with E-state index in [1.807, 2.05) is 0 Å². The number of ether oxygens (including phenoxy) is 1. The molecule has 0 aliphatic carbocycles. The van der Waals surface area contributed by atoms with Crippen LogP contribution < -0.4 is 5.32 Å². The van der Waals surface area contributed by atoms with Crippen LogP contribution in [0.2, 0.25) is 10.0 Å². The Morgan fingerprint density at radius 2 is 1.80 bits per heavy atom. The highest BCUT2D eigenvalue weighted by Crippen LogP contribution is 2.24. The highest BCUT2D eigenvalue weighted by atomic mass is 35.5. The number of nitrogens with one attached hydrogen (secondary N) is 1. The van der Waals surface area contributed by atoms with Crippen molar-refractivity contribution < 1.29 is 23.9 Å². The molecule has 2 amide bonds. The molecule has 0 radical (unpaired) electrons. The molecule has 0 atom stereocenters. The zero-order valence-electron chi connectivity index (χ0n) is 13.8. The summed E-state index contributed by atoms with van der Waals surface area (Å²) in [6.45, 7) is 0.635. The van der Waals surface area contributed by atoms with Gasteiger partial charge in [0.2, 0.25) is 5.91 Å². The Morgan fingerprint density at radius 1 is 1.12 bits per heavy atom. The number of halogens is 2. The zero-order valence-corrected chi connectivity index (χ0v) is 15.3. The number of amides is 2. The van der Waals surface area contributed by atoms with Gasteiger partial charge in [-0.15, -0.1) is 0 Å². The lowest BCUT2D eigenvalue weighted by molar-refractivity contribution is -0.152. The minimum Gasteiger partial charge on any atom is -0.456 e. The lowest BCUT2D eigenvalue weighted by Gasteiger charge is -2.17. The molecule has 0 aliphatic rings. The van der Waals surface area contributed by atoms with E-state index in [1.165, 1.54) is 26.1 Å². The van der Waals surface area contributed by atoms with Gasteiger partial charge in [0, 0.05) is 19.2 Å². The van der Waals surface area contributed by atoms with E-state index in [9.17, 15) is 19.2 Å². The second kappa shape index (κ2) is 10.0. The quantitative estimate of drug-likeness (QED) is 0.689. The summed E-state index contributed by atoms with van der Waals surface area (Å²) >= 11 is 11.6. The number of ketones is 1. The van der Waals surface area contributed by atoms with E-state index in [0.717, 1.165) is 4.90 Å². The van der Waals surface area contributed by atoms with Crippen LogP contribution >= 0.6 is 23.2 Å². The van der Waals surface area contributed by atoms with Crippen LogP contribution in [0.25, 0.3) is 0 Å². The number of likely N-dealkylation sites (N-methyl/N-ethyl adjacent to an activating group) is 1. The molecule has 0 saturated heterocycles. The third kappa shape index (κ3) is 8.00. The van der Waals surface area contributed by atoms with Gasteiger partial charge in [-0.3, -0.25) is 14.4 Å². The normalized spacial score (nSPS) is 10.1. The van der Waals surface area contributed by atoms with Gasteiger partial charge in [-0.25, -0.2) is 0 Å². The first-order chi connectivity index (χ1) is 11.7. The number of hydrogen-bond donors (Lipinski definition) is 1. The van der Waals surface area contributed by atoms with Crippen LogP contribution in [0.1, 0.15) is 19.8 Å². The molecule has 0 aromatic heterocycles. The molecule has 1 rings (SSSR count). The first-order valence-electron chi connectivity index (χ1n) is 7.33. The summed E-state index contributed by atoms with van der Waals surface area (Å²) in [4.78, 5) is 47.0. The summed E-state index contributed by atoms with van der Waals surface area (Å²) < 4.78 is 4.76. The Labute approximate surface area is 155 Å². The van der Waals surface area contributed by atoms with E-state index in [0.29, 0.717) is 15.7 Å². The number of rotatable bonds is 8. The van der Waals surface area contributed by atoms with Crippen molar-refractivity contribution in [3.63, 3.8) is 0 Å². The first kappa shape index (κ1) is 20.9. The second-order valence-corrected chi connectivity index (χ2v) is 6.10. The number of hydrogen-bond acceptors (Lipinski definition) is 5. The fourth-order valence-corrected chi connectivity index (χ4v) is 1.98. The minimum atomic E-state index is -0.641. The van der Waals surface area contributed by atoms with E-state index in [-0.39, 0.29) is 25.2 Å². The largest absolute Gasteiger partial charge is 0.456 e. The van der Waals surface area contributed by atoms with Crippen molar-refractivity contribution in [3.8, 4) is 0 Å². The van der Waals surface area contributed by atoms with Gasteiger partial charge in [-0.1, -0.05) is 23.2 Å². The van der Waals surface area contributed by atoms with E-state index < -0.39 is 24.4 Å². The maximum Gasteiger partial charge on any atom is 0.306 e. The second-order valence-electron chi connectivity index (χ2n) is 5.29. The maximum absolute atomic E-state index is 11.9. The average Bonchev–Trinajstić information content (AvgIpc) is 2.53. The number of benzene rings is 1. The molecule has 0 heterocycles. The summed E-state index contributed by atoms with van der Waals surface area (Å²) in [7, 11) is 1.40. The molecule has 1 aromatic rings. The predicted octanol–water partition coefficient (Wildman–Crippen LogP) is 2.30. The zero-order chi connectivity index (χ0) is 19.0. The topological polar surface area (TPSA) is 92.8 Å². The molecule has 1 aromatic carbocycles. The van der Waals surface area contributed by atoms with Crippen LogP contribution in [-0.2, 0) is 23.9 Å². The molecule has 25 heavy (non-hydrogen) atoms. The summed E-state index contributed by atoms with van der Waals surface area (Å²) in [5.74, 6) is -1.77. The van der Waals surface area contributed by atoms with E-state index in [2.05, 4.69) is 5.32 Å². The molecule has 1 N–H and O–H groups in total. The standard InChI is InChI=1S/C16H18Cl2N2O5/c1-10(21)3-6-16(24)25-9-15(23)20(2)8-14(22)19-11-4-5-12(17)13(18)7-11/h4-5,7H,3,6,8-9H2,1-2H3,(H,19,22). The monoisotopic (exact) mass is 388 g/mol. The highest BCUT2D eigenvalue weighted by Gasteiger charge is 2.15. The fourth-order valence-electron chi connectivity index (χ4n) is 1.68. The van der Waals surface area contributed by atoms with Crippen molar-refractivity contribution in [2.45, 2.75) is 19.8 Å². The third-order valence-electron chi connectivity index (χ3n) is 3.05. The van der Waals surface area contributed by atoms with Crippen molar-refractivity contribution in [2.24, 2.45) is 0 Å². The number of esters is 1. The molecule has 7 nitrogen and oxygen atoms in total.